The van der Waals surface area contributed by atoms with Crippen molar-refractivity contribution in [3.63, 3.8) is 0 Å². The standard InChI is InChI=1S/C15H14FNO3S/c1-20-13-8-6-12(7-9-13)10-11-21(18,19)17-15-5-3-2-4-14(15)16/h2-11,17H,1H3/b11-10+. The Bertz CT molecular complexity index is 740. The van der Waals surface area contributed by atoms with Crippen LogP contribution in [0.2, 0.25) is 0 Å². The zero-order valence-corrected chi connectivity index (χ0v) is 12.1. The van der Waals surface area contributed by atoms with Gasteiger partial charge in [-0.3, -0.25) is 4.72 Å². The summed E-state index contributed by atoms with van der Waals surface area (Å²) in [6.45, 7) is 0. The van der Waals surface area contributed by atoms with Gasteiger partial charge in [-0.1, -0.05) is 24.3 Å². The fourth-order valence-electron chi connectivity index (χ4n) is 1.61. The van der Waals surface area contributed by atoms with Crippen molar-refractivity contribution in [2.45, 2.75) is 0 Å². The van der Waals surface area contributed by atoms with Gasteiger partial charge >= 0.3 is 0 Å². The van der Waals surface area contributed by atoms with E-state index < -0.39 is 15.8 Å². The van der Waals surface area contributed by atoms with E-state index in [4.69, 9.17) is 4.74 Å². The number of sulfonamides is 1. The number of benzene rings is 2. The molecule has 0 aliphatic heterocycles. The average molecular weight is 307 g/mol. The van der Waals surface area contributed by atoms with E-state index >= 15 is 0 Å². The topological polar surface area (TPSA) is 55.4 Å². The smallest absolute Gasteiger partial charge is 0.255 e. The number of ether oxygens (including phenoxy) is 1. The van der Waals surface area contributed by atoms with Gasteiger partial charge in [0.1, 0.15) is 11.6 Å². The minimum atomic E-state index is -3.77. The number of anilines is 1. The van der Waals surface area contributed by atoms with E-state index in [-0.39, 0.29) is 5.69 Å². The van der Waals surface area contributed by atoms with E-state index in [1.54, 1.807) is 37.4 Å². The SMILES string of the molecule is COc1ccc(/C=C/S(=O)(=O)Nc2ccccc2F)cc1. The van der Waals surface area contributed by atoms with Crippen molar-refractivity contribution in [1.29, 1.82) is 0 Å². The maximum Gasteiger partial charge on any atom is 0.255 e. The molecule has 0 aliphatic carbocycles. The van der Waals surface area contributed by atoms with Crippen LogP contribution in [0.5, 0.6) is 5.75 Å². The minimum absolute atomic E-state index is 0.0862. The summed E-state index contributed by atoms with van der Waals surface area (Å²) in [6.07, 6.45) is 1.42. The van der Waals surface area contributed by atoms with E-state index in [9.17, 15) is 12.8 Å². The second-order valence-corrected chi connectivity index (χ2v) is 5.77. The van der Waals surface area contributed by atoms with Gasteiger partial charge in [-0.05, 0) is 35.9 Å². The molecule has 0 fully saturated rings. The lowest BCUT2D eigenvalue weighted by Crippen LogP contribution is -2.10. The van der Waals surface area contributed by atoms with Gasteiger partial charge in [-0.15, -0.1) is 0 Å². The summed E-state index contributed by atoms with van der Waals surface area (Å²) in [7, 11) is -2.22. The minimum Gasteiger partial charge on any atom is -0.497 e. The summed E-state index contributed by atoms with van der Waals surface area (Å²) in [5.74, 6) is 0.0541. The molecule has 0 heterocycles. The molecule has 4 nitrogen and oxygen atoms in total. The second-order valence-electron chi connectivity index (χ2n) is 4.20. The number of hydrogen-bond donors (Lipinski definition) is 1. The monoisotopic (exact) mass is 307 g/mol. The highest BCUT2D eigenvalue weighted by atomic mass is 32.2. The van der Waals surface area contributed by atoms with Crippen LogP contribution in [-0.4, -0.2) is 15.5 Å². The summed E-state index contributed by atoms with van der Waals surface area (Å²) < 4.78 is 44.3. The maximum atomic E-state index is 13.4. The van der Waals surface area contributed by atoms with Crippen molar-refractivity contribution in [2.24, 2.45) is 0 Å². The van der Waals surface area contributed by atoms with Crippen LogP contribution in [0.15, 0.2) is 53.9 Å². The third-order valence-corrected chi connectivity index (χ3v) is 3.68. The Morgan fingerprint density at radius 3 is 2.38 bits per heavy atom. The number of halogens is 1. The first-order chi connectivity index (χ1) is 10.00. The van der Waals surface area contributed by atoms with Gasteiger partial charge in [0.25, 0.3) is 10.0 Å². The van der Waals surface area contributed by atoms with Crippen molar-refractivity contribution in [3.8, 4) is 5.75 Å². The van der Waals surface area contributed by atoms with E-state index in [1.807, 2.05) is 0 Å². The summed E-state index contributed by atoms with van der Waals surface area (Å²) >= 11 is 0. The molecule has 0 radical (unpaired) electrons. The Morgan fingerprint density at radius 2 is 1.76 bits per heavy atom. The highest BCUT2D eigenvalue weighted by molar-refractivity contribution is 7.95. The Kier molecular flexibility index (Phi) is 4.59. The Balaban J connectivity index is 2.13. The number of hydrogen-bond acceptors (Lipinski definition) is 3. The molecule has 1 N–H and O–H groups in total. The van der Waals surface area contributed by atoms with E-state index in [2.05, 4.69) is 4.72 Å². The highest BCUT2D eigenvalue weighted by Gasteiger charge is 2.08. The molecule has 0 unspecified atom stereocenters. The van der Waals surface area contributed by atoms with Crippen LogP contribution in [0, 0.1) is 5.82 Å². The van der Waals surface area contributed by atoms with Crippen LogP contribution in [0.25, 0.3) is 6.08 Å². The molecule has 0 amide bonds. The summed E-state index contributed by atoms with van der Waals surface area (Å²) in [4.78, 5) is 0. The van der Waals surface area contributed by atoms with Crippen LogP contribution >= 0.6 is 0 Å². The third-order valence-electron chi connectivity index (χ3n) is 2.68. The molecule has 0 saturated heterocycles. The molecule has 2 aromatic rings. The molecule has 2 aromatic carbocycles. The van der Waals surface area contributed by atoms with Gasteiger partial charge in [-0.25, -0.2) is 12.8 Å². The van der Waals surface area contributed by atoms with Crippen molar-refractivity contribution < 1.29 is 17.5 Å². The van der Waals surface area contributed by atoms with Crippen LogP contribution in [0.1, 0.15) is 5.56 Å². The van der Waals surface area contributed by atoms with Crippen LogP contribution < -0.4 is 9.46 Å². The fourth-order valence-corrected chi connectivity index (χ4v) is 2.49. The molecule has 0 atom stereocenters. The predicted molar refractivity (Wildman–Crippen MR) is 81.0 cm³/mol. The van der Waals surface area contributed by atoms with Crippen molar-refractivity contribution in [2.75, 3.05) is 11.8 Å². The molecule has 0 aliphatic rings. The maximum absolute atomic E-state index is 13.4. The molecular weight excluding hydrogens is 293 g/mol. The summed E-state index contributed by atoms with van der Waals surface area (Å²) in [5.41, 5.74) is 0.603. The van der Waals surface area contributed by atoms with Crippen LogP contribution in [0.3, 0.4) is 0 Å². The van der Waals surface area contributed by atoms with Gasteiger partial charge in [-0.2, -0.15) is 0 Å². The van der Waals surface area contributed by atoms with Gasteiger partial charge in [0.2, 0.25) is 0 Å². The molecule has 0 bridgehead atoms. The Labute approximate surface area is 122 Å². The molecule has 0 spiro atoms. The van der Waals surface area contributed by atoms with Gasteiger partial charge < -0.3 is 4.74 Å². The Hall–Kier alpha value is -2.34. The van der Waals surface area contributed by atoms with Crippen molar-refractivity contribution in [1.82, 2.24) is 0 Å². The number of rotatable bonds is 5. The summed E-state index contributed by atoms with van der Waals surface area (Å²) in [5, 5.41) is 0.987. The molecule has 2 rings (SSSR count). The predicted octanol–water partition coefficient (Wildman–Crippen LogP) is 3.25. The molecular formula is C15H14FNO3S. The molecule has 0 aromatic heterocycles. The first-order valence-electron chi connectivity index (χ1n) is 6.10. The van der Waals surface area contributed by atoms with Gasteiger partial charge in [0.15, 0.2) is 0 Å². The number of methoxy groups -OCH3 is 1. The van der Waals surface area contributed by atoms with Gasteiger partial charge in [0, 0.05) is 0 Å². The molecule has 21 heavy (non-hydrogen) atoms. The van der Waals surface area contributed by atoms with Crippen LogP contribution in [0.4, 0.5) is 10.1 Å². The van der Waals surface area contributed by atoms with E-state index in [0.29, 0.717) is 11.3 Å². The number of nitrogens with one attached hydrogen (secondary N) is 1. The third kappa shape index (κ3) is 4.32. The first kappa shape index (κ1) is 15.1. The quantitative estimate of drug-likeness (QED) is 0.922. The second kappa shape index (κ2) is 6.41. The Morgan fingerprint density at radius 1 is 1.10 bits per heavy atom. The van der Waals surface area contributed by atoms with Crippen molar-refractivity contribution >= 4 is 21.8 Å². The van der Waals surface area contributed by atoms with E-state index in [0.717, 1.165) is 5.41 Å². The molecule has 0 saturated carbocycles. The first-order valence-corrected chi connectivity index (χ1v) is 7.64. The van der Waals surface area contributed by atoms with E-state index in [1.165, 1.54) is 24.3 Å². The number of para-hydroxylation sites is 1. The fraction of sp³-hybridized carbons (Fsp3) is 0.0667. The molecule has 110 valence electrons. The normalized spacial score (nSPS) is 11.5. The lowest BCUT2D eigenvalue weighted by Gasteiger charge is -2.05. The zero-order chi connectivity index (χ0) is 15.3. The zero-order valence-electron chi connectivity index (χ0n) is 11.3. The molecule has 6 heteroatoms. The lowest BCUT2D eigenvalue weighted by molar-refractivity contribution is 0.415. The van der Waals surface area contributed by atoms with Crippen LogP contribution in [-0.2, 0) is 10.0 Å². The average Bonchev–Trinajstić information content (AvgIpc) is 2.48. The summed E-state index contributed by atoms with van der Waals surface area (Å²) in [6, 6.07) is 12.4. The van der Waals surface area contributed by atoms with Crippen molar-refractivity contribution in [3.05, 3.63) is 65.3 Å². The van der Waals surface area contributed by atoms with Gasteiger partial charge in [0.05, 0.1) is 18.2 Å². The highest BCUT2D eigenvalue weighted by Crippen LogP contribution is 2.16. The lowest BCUT2D eigenvalue weighted by atomic mass is 10.2. The largest absolute Gasteiger partial charge is 0.497 e.